The Bertz CT molecular complexity index is 1160. The summed E-state index contributed by atoms with van der Waals surface area (Å²) in [6.07, 6.45) is 5.84. The van der Waals surface area contributed by atoms with E-state index < -0.39 is 11.7 Å². The number of β-amino-alcohol motifs (C(OH)–C–C–N with tert-alkyl or cyclic N) is 1. The van der Waals surface area contributed by atoms with Gasteiger partial charge in [-0.2, -0.15) is 0 Å². The fraction of sp³-hybridized carbons (Fsp3) is 0.250. The van der Waals surface area contributed by atoms with Crippen molar-refractivity contribution < 1.29 is 10.2 Å². The molecule has 0 saturated carbocycles. The highest BCUT2D eigenvalue weighted by molar-refractivity contribution is 6.30. The molecule has 1 saturated heterocycles. The zero-order chi connectivity index (χ0) is 23.3. The molecule has 3 aromatic rings. The quantitative estimate of drug-likeness (QED) is 0.559. The van der Waals surface area contributed by atoms with Crippen molar-refractivity contribution in [1.82, 2.24) is 9.88 Å². The van der Waals surface area contributed by atoms with E-state index in [-0.39, 0.29) is 0 Å². The van der Waals surface area contributed by atoms with Crippen molar-refractivity contribution >= 4 is 17.7 Å². The molecule has 2 heterocycles. The number of hydrogen-bond donors (Lipinski definition) is 2. The third kappa shape index (κ3) is 6.31. The second-order valence-corrected chi connectivity index (χ2v) is 9.03. The molecule has 1 aliphatic heterocycles. The summed E-state index contributed by atoms with van der Waals surface area (Å²) in [5.41, 5.74) is 3.86. The van der Waals surface area contributed by atoms with Crippen molar-refractivity contribution in [2.24, 2.45) is 0 Å². The average molecular weight is 459 g/mol. The van der Waals surface area contributed by atoms with Gasteiger partial charge in [-0.05, 0) is 60.7 Å². The summed E-state index contributed by atoms with van der Waals surface area (Å²) in [7, 11) is 0. The van der Waals surface area contributed by atoms with Crippen LogP contribution in [0.2, 0.25) is 5.02 Å². The molecule has 2 aromatic carbocycles. The van der Waals surface area contributed by atoms with Gasteiger partial charge in [0.2, 0.25) is 0 Å². The molecular weight excluding hydrogens is 432 g/mol. The first-order valence-corrected chi connectivity index (χ1v) is 11.4. The largest absolute Gasteiger partial charge is 0.389 e. The van der Waals surface area contributed by atoms with Gasteiger partial charge in [0, 0.05) is 42.0 Å². The summed E-state index contributed by atoms with van der Waals surface area (Å²) in [6, 6.07) is 19.7. The van der Waals surface area contributed by atoms with E-state index in [2.05, 4.69) is 33.9 Å². The lowest BCUT2D eigenvalue weighted by atomic mass is 9.91. The summed E-state index contributed by atoms with van der Waals surface area (Å²) in [4.78, 5) is 6.60. The van der Waals surface area contributed by atoms with Crippen LogP contribution in [-0.4, -0.2) is 51.4 Å². The summed E-state index contributed by atoms with van der Waals surface area (Å²) in [5, 5.41) is 20.8. The Morgan fingerprint density at radius 2 is 1.79 bits per heavy atom. The number of aliphatic hydroxyl groups excluding tert-OH is 1. The number of nitrogens with zero attached hydrogens (tertiary/aromatic N) is 2. The molecule has 2 atom stereocenters. The van der Waals surface area contributed by atoms with E-state index in [9.17, 15) is 10.2 Å². The number of likely N-dealkylation sites (tertiary alicyclic amines) is 1. The Morgan fingerprint density at radius 1 is 1.06 bits per heavy atom. The minimum Gasteiger partial charge on any atom is -0.389 e. The highest BCUT2D eigenvalue weighted by Gasteiger charge is 2.35. The highest BCUT2D eigenvalue weighted by Crippen LogP contribution is 2.22. The van der Waals surface area contributed by atoms with E-state index >= 15 is 0 Å². The van der Waals surface area contributed by atoms with E-state index in [1.54, 1.807) is 6.92 Å². The van der Waals surface area contributed by atoms with Crippen LogP contribution in [0.4, 0.5) is 0 Å². The lowest BCUT2D eigenvalue weighted by Gasteiger charge is -2.39. The number of pyridine rings is 1. The van der Waals surface area contributed by atoms with E-state index in [0.717, 1.165) is 41.0 Å². The Balaban J connectivity index is 1.32. The fourth-order valence-corrected chi connectivity index (χ4v) is 3.81. The van der Waals surface area contributed by atoms with Crippen LogP contribution < -0.4 is 0 Å². The smallest absolute Gasteiger partial charge is 0.113 e. The molecular formula is C28H27ClN2O2. The van der Waals surface area contributed by atoms with Gasteiger partial charge in [-0.25, -0.2) is 4.98 Å². The van der Waals surface area contributed by atoms with Crippen molar-refractivity contribution in [2.75, 3.05) is 19.6 Å². The van der Waals surface area contributed by atoms with Crippen molar-refractivity contribution in [3.05, 3.63) is 94.8 Å². The van der Waals surface area contributed by atoms with Gasteiger partial charge in [0.05, 0.1) is 11.7 Å². The molecule has 0 unspecified atom stereocenters. The zero-order valence-electron chi connectivity index (χ0n) is 18.6. The molecule has 1 aromatic heterocycles. The minimum atomic E-state index is -0.981. The Hall–Kier alpha value is -2.94. The van der Waals surface area contributed by atoms with Crippen LogP contribution in [0.5, 0.6) is 0 Å². The van der Waals surface area contributed by atoms with Crippen molar-refractivity contribution in [3.63, 3.8) is 0 Å². The second-order valence-electron chi connectivity index (χ2n) is 8.60. The topological polar surface area (TPSA) is 56.6 Å². The third-order valence-electron chi connectivity index (χ3n) is 5.94. The van der Waals surface area contributed by atoms with Crippen LogP contribution in [0, 0.1) is 11.8 Å². The van der Waals surface area contributed by atoms with E-state index in [1.807, 2.05) is 66.9 Å². The van der Waals surface area contributed by atoms with E-state index in [0.29, 0.717) is 18.0 Å². The van der Waals surface area contributed by atoms with Crippen LogP contribution in [0.25, 0.3) is 17.2 Å². The van der Waals surface area contributed by atoms with Crippen LogP contribution in [0.1, 0.15) is 30.2 Å². The van der Waals surface area contributed by atoms with Crippen molar-refractivity contribution in [1.29, 1.82) is 0 Å². The molecule has 1 aliphatic rings. The van der Waals surface area contributed by atoms with Crippen LogP contribution in [0.3, 0.4) is 0 Å². The standard InChI is InChI=1S/C28H27ClN2O2/c1-28(33)16-18-31(20-27(28)32)17-2-3-21-4-6-22(7-5-21)8-14-26-15-11-24(19-30-26)23-9-12-25(29)13-10-23/h2-7,9-13,15,19,27,32-33H,16-18,20H2,1H3/b3-2+/t27-,28+/m0/s1. The molecule has 0 aliphatic carbocycles. The maximum absolute atomic E-state index is 10.1. The molecule has 4 nitrogen and oxygen atoms in total. The summed E-state index contributed by atoms with van der Waals surface area (Å²) in [6.45, 7) is 3.70. The van der Waals surface area contributed by atoms with Gasteiger partial charge in [0.25, 0.3) is 0 Å². The van der Waals surface area contributed by atoms with Gasteiger partial charge in [0.1, 0.15) is 5.69 Å². The predicted octanol–water partition coefficient (Wildman–Crippen LogP) is 4.63. The molecule has 2 N–H and O–H groups in total. The Morgan fingerprint density at radius 3 is 2.45 bits per heavy atom. The number of benzene rings is 2. The molecule has 0 amide bonds. The normalized spacial score (nSPS) is 21.0. The maximum Gasteiger partial charge on any atom is 0.113 e. The van der Waals surface area contributed by atoms with Gasteiger partial charge in [-0.15, -0.1) is 0 Å². The predicted molar refractivity (Wildman–Crippen MR) is 134 cm³/mol. The van der Waals surface area contributed by atoms with Gasteiger partial charge in [0.15, 0.2) is 0 Å². The first-order chi connectivity index (χ1) is 15.9. The van der Waals surface area contributed by atoms with Gasteiger partial charge in [-0.3, -0.25) is 4.90 Å². The number of aliphatic hydroxyl groups is 2. The molecule has 4 rings (SSSR count). The molecule has 5 heteroatoms. The highest BCUT2D eigenvalue weighted by atomic mass is 35.5. The summed E-state index contributed by atoms with van der Waals surface area (Å²) in [5.74, 6) is 6.28. The van der Waals surface area contributed by atoms with E-state index in [1.165, 1.54) is 0 Å². The van der Waals surface area contributed by atoms with Crippen molar-refractivity contribution in [3.8, 4) is 23.0 Å². The molecule has 0 spiro atoms. The lowest BCUT2D eigenvalue weighted by molar-refractivity contribution is -0.105. The van der Waals surface area contributed by atoms with Crippen LogP contribution in [-0.2, 0) is 0 Å². The monoisotopic (exact) mass is 458 g/mol. The van der Waals surface area contributed by atoms with Gasteiger partial charge in [-0.1, -0.05) is 60.0 Å². The van der Waals surface area contributed by atoms with Gasteiger partial charge >= 0.3 is 0 Å². The summed E-state index contributed by atoms with van der Waals surface area (Å²) >= 11 is 5.95. The SMILES string of the molecule is C[C@@]1(O)CCN(C/C=C/c2ccc(C#Cc3ccc(-c4ccc(Cl)cc4)cn3)cc2)C[C@@H]1O. The van der Waals surface area contributed by atoms with E-state index in [4.69, 9.17) is 11.6 Å². The number of rotatable bonds is 4. The van der Waals surface area contributed by atoms with Crippen LogP contribution >= 0.6 is 11.6 Å². The molecule has 0 radical (unpaired) electrons. The Kier molecular flexibility index (Phi) is 7.27. The number of hydrogen-bond acceptors (Lipinski definition) is 4. The number of aromatic nitrogens is 1. The van der Waals surface area contributed by atoms with Gasteiger partial charge < -0.3 is 10.2 Å². The second kappa shape index (κ2) is 10.3. The zero-order valence-corrected chi connectivity index (χ0v) is 19.3. The molecule has 1 fully saturated rings. The first-order valence-electron chi connectivity index (χ1n) is 11.0. The average Bonchev–Trinajstić information content (AvgIpc) is 2.82. The third-order valence-corrected chi connectivity index (χ3v) is 6.20. The number of halogens is 1. The fourth-order valence-electron chi connectivity index (χ4n) is 3.68. The van der Waals surface area contributed by atoms with Crippen molar-refractivity contribution in [2.45, 2.75) is 25.0 Å². The summed E-state index contributed by atoms with van der Waals surface area (Å²) < 4.78 is 0. The molecule has 33 heavy (non-hydrogen) atoms. The van der Waals surface area contributed by atoms with Crippen LogP contribution in [0.15, 0.2) is 72.9 Å². The maximum atomic E-state index is 10.1. The lowest BCUT2D eigenvalue weighted by Crippen LogP contribution is -2.53. The first kappa shape index (κ1) is 23.2. The number of piperidine rings is 1. The Labute approximate surface area is 200 Å². The molecule has 168 valence electrons. The molecule has 0 bridgehead atoms. The minimum absolute atomic E-state index is 0.487.